The molecule has 2 aromatic carbocycles. The molecule has 0 heterocycles. The molecule has 0 saturated carbocycles. The first kappa shape index (κ1) is 22.8. The monoisotopic (exact) mass is 422 g/mol. The zero-order valence-electron chi connectivity index (χ0n) is 16.2. The lowest BCUT2D eigenvalue weighted by Crippen LogP contribution is -2.38. The molecule has 0 saturated heterocycles. The molecule has 0 fully saturated rings. The molecule has 2 unspecified atom stereocenters. The number of aromatic hydroxyl groups is 4. The molecule has 30 heavy (non-hydrogen) atoms. The first-order valence-electron chi connectivity index (χ1n) is 8.77. The molecule has 10 heteroatoms. The van der Waals surface area contributed by atoms with Gasteiger partial charge in [-0.15, -0.1) is 0 Å². The smallest absolute Gasteiger partial charge is 0.342 e. The Labute approximate surface area is 171 Å². The van der Waals surface area contributed by atoms with Gasteiger partial charge in [-0.3, -0.25) is 0 Å². The molecule has 0 spiro atoms. The molecule has 2 rings (SSSR count). The number of carbonyl (C=O) groups is 2. The van der Waals surface area contributed by atoms with E-state index in [1.165, 1.54) is 26.0 Å². The minimum absolute atomic E-state index is 0.202. The molecule has 0 aromatic heterocycles. The number of phenolic OH excluding ortho intramolecular Hbond substituents is 4. The van der Waals surface area contributed by atoms with Gasteiger partial charge in [0.2, 0.25) is 0 Å². The number of aliphatic hydroxyl groups excluding tert-OH is 2. The van der Waals surface area contributed by atoms with E-state index in [1.807, 2.05) is 0 Å². The number of ether oxygens (including phenoxy) is 2. The topological polar surface area (TPSA) is 174 Å². The fraction of sp³-hybridized carbons (Fsp3) is 0.300. The maximum Gasteiger partial charge on any atom is 0.342 e. The SMILES string of the molecule is Cc1cc(O)cc(O)c1C(=O)OCC(O)C(CO)OC(=O)c1c(C)cc(O)cc1O. The van der Waals surface area contributed by atoms with Gasteiger partial charge in [-0.1, -0.05) is 0 Å². The van der Waals surface area contributed by atoms with Gasteiger partial charge in [-0.25, -0.2) is 9.59 Å². The number of rotatable bonds is 7. The summed E-state index contributed by atoms with van der Waals surface area (Å²) in [5.41, 5.74) is -0.0499. The first-order valence-corrected chi connectivity index (χ1v) is 8.77. The third-order valence-electron chi connectivity index (χ3n) is 4.26. The number of hydrogen-bond acceptors (Lipinski definition) is 10. The lowest BCUT2D eigenvalue weighted by molar-refractivity contribution is -0.0612. The average Bonchev–Trinajstić information content (AvgIpc) is 2.62. The Morgan fingerprint density at radius 2 is 1.33 bits per heavy atom. The second-order valence-electron chi connectivity index (χ2n) is 6.61. The Morgan fingerprint density at radius 3 is 1.77 bits per heavy atom. The van der Waals surface area contributed by atoms with Crippen molar-refractivity contribution in [3.8, 4) is 23.0 Å². The van der Waals surface area contributed by atoms with Crippen molar-refractivity contribution >= 4 is 11.9 Å². The van der Waals surface area contributed by atoms with Crippen LogP contribution in [0, 0.1) is 13.8 Å². The van der Waals surface area contributed by atoms with Crippen LogP contribution in [0.25, 0.3) is 0 Å². The number of aryl methyl sites for hydroxylation is 2. The van der Waals surface area contributed by atoms with Crippen LogP contribution in [0.4, 0.5) is 0 Å². The van der Waals surface area contributed by atoms with Crippen LogP contribution in [0.2, 0.25) is 0 Å². The van der Waals surface area contributed by atoms with Crippen LogP contribution in [0.1, 0.15) is 31.8 Å². The summed E-state index contributed by atoms with van der Waals surface area (Å²) in [4.78, 5) is 24.5. The highest BCUT2D eigenvalue weighted by Gasteiger charge is 2.28. The van der Waals surface area contributed by atoms with Crippen molar-refractivity contribution in [2.24, 2.45) is 0 Å². The van der Waals surface area contributed by atoms with E-state index in [2.05, 4.69) is 0 Å². The molecule has 0 aliphatic heterocycles. The largest absolute Gasteiger partial charge is 0.508 e. The first-order chi connectivity index (χ1) is 14.0. The standard InChI is InChI=1S/C20H22O10/c1-9-3-11(22)5-13(24)17(9)19(27)29-8-15(26)16(7-21)30-20(28)18-10(2)4-12(23)6-14(18)25/h3-6,15-16,21-26H,7-8H2,1-2H3. The Kier molecular flexibility index (Phi) is 7.09. The molecule has 0 bridgehead atoms. The quantitative estimate of drug-likeness (QED) is 0.351. The van der Waals surface area contributed by atoms with Crippen LogP contribution in [-0.2, 0) is 9.47 Å². The molecule has 2 atom stereocenters. The van der Waals surface area contributed by atoms with Gasteiger partial charge in [0.15, 0.2) is 6.10 Å². The zero-order valence-corrected chi connectivity index (χ0v) is 16.2. The van der Waals surface area contributed by atoms with Crippen molar-refractivity contribution in [1.29, 1.82) is 0 Å². The molecule has 0 amide bonds. The molecular formula is C20H22O10. The maximum absolute atomic E-state index is 12.3. The van der Waals surface area contributed by atoms with Gasteiger partial charge in [0.25, 0.3) is 0 Å². The number of carbonyl (C=O) groups excluding carboxylic acids is 2. The van der Waals surface area contributed by atoms with Gasteiger partial charge >= 0.3 is 11.9 Å². The molecule has 0 radical (unpaired) electrons. The van der Waals surface area contributed by atoms with E-state index < -0.39 is 48.9 Å². The minimum atomic E-state index is -1.62. The van der Waals surface area contributed by atoms with E-state index in [4.69, 9.17) is 9.47 Å². The number of aliphatic hydroxyl groups is 2. The van der Waals surface area contributed by atoms with Gasteiger partial charge in [0, 0.05) is 12.1 Å². The van der Waals surface area contributed by atoms with E-state index in [9.17, 15) is 40.2 Å². The lowest BCUT2D eigenvalue weighted by Gasteiger charge is -2.22. The summed E-state index contributed by atoms with van der Waals surface area (Å²) < 4.78 is 9.91. The number of benzene rings is 2. The second kappa shape index (κ2) is 9.33. The Balaban J connectivity index is 2.06. The van der Waals surface area contributed by atoms with E-state index in [-0.39, 0.29) is 33.8 Å². The van der Waals surface area contributed by atoms with Crippen LogP contribution < -0.4 is 0 Å². The molecular weight excluding hydrogens is 400 g/mol. The highest BCUT2D eigenvalue weighted by Crippen LogP contribution is 2.29. The maximum atomic E-state index is 12.3. The molecule has 10 nitrogen and oxygen atoms in total. The van der Waals surface area contributed by atoms with E-state index in [0.29, 0.717) is 0 Å². The van der Waals surface area contributed by atoms with E-state index >= 15 is 0 Å². The Hall–Kier alpha value is -3.50. The number of phenols is 4. The van der Waals surface area contributed by atoms with Crippen LogP contribution >= 0.6 is 0 Å². The molecule has 0 aliphatic carbocycles. The average molecular weight is 422 g/mol. The lowest BCUT2D eigenvalue weighted by atomic mass is 10.1. The van der Waals surface area contributed by atoms with Gasteiger partial charge in [0.05, 0.1) is 6.61 Å². The van der Waals surface area contributed by atoms with Gasteiger partial charge in [-0.2, -0.15) is 0 Å². The summed E-state index contributed by atoms with van der Waals surface area (Å²) >= 11 is 0. The summed E-state index contributed by atoms with van der Waals surface area (Å²) in [7, 11) is 0. The van der Waals surface area contributed by atoms with Crippen LogP contribution in [0.5, 0.6) is 23.0 Å². The predicted octanol–water partition coefficient (Wildman–Crippen LogP) is 0.861. The normalized spacial score (nSPS) is 12.8. The van der Waals surface area contributed by atoms with Crippen molar-refractivity contribution in [3.63, 3.8) is 0 Å². The third kappa shape index (κ3) is 5.10. The minimum Gasteiger partial charge on any atom is -0.508 e. The fourth-order valence-electron chi connectivity index (χ4n) is 2.81. The summed E-state index contributed by atoms with van der Waals surface area (Å²) in [5, 5.41) is 58.0. The fourth-order valence-corrected chi connectivity index (χ4v) is 2.81. The van der Waals surface area contributed by atoms with Gasteiger partial charge < -0.3 is 40.1 Å². The Morgan fingerprint density at radius 1 is 0.867 bits per heavy atom. The molecule has 0 aliphatic rings. The van der Waals surface area contributed by atoms with Gasteiger partial charge in [-0.05, 0) is 37.1 Å². The van der Waals surface area contributed by atoms with E-state index in [1.54, 1.807) is 0 Å². The zero-order chi connectivity index (χ0) is 22.6. The predicted molar refractivity (Wildman–Crippen MR) is 102 cm³/mol. The second-order valence-corrected chi connectivity index (χ2v) is 6.61. The van der Waals surface area contributed by atoms with Crippen LogP contribution in [-0.4, -0.2) is 68.0 Å². The third-order valence-corrected chi connectivity index (χ3v) is 4.26. The van der Waals surface area contributed by atoms with Crippen LogP contribution in [0.3, 0.4) is 0 Å². The van der Waals surface area contributed by atoms with Crippen molar-refractivity contribution in [2.75, 3.05) is 13.2 Å². The van der Waals surface area contributed by atoms with Crippen LogP contribution in [0.15, 0.2) is 24.3 Å². The van der Waals surface area contributed by atoms with Crippen molar-refractivity contribution in [1.82, 2.24) is 0 Å². The van der Waals surface area contributed by atoms with Crippen molar-refractivity contribution in [2.45, 2.75) is 26.1 Å². The molecule has 2 aromatic rings. The highest BCUT2D eigenvalue weighted by atomic mass is 16.6. The molecule has 6 N–H and O–H groups in total. The van der Waals surface area contributed by atoms with Gasteiger partial charge in [0.1, 0.15) is 46.8 Å². The number of hydrogen-bond donors (Lipinski definition) is 6. The number of esters is 2. The van der Waals surface area contributed by atoms with Crippen molar-refractivity contribution in [3.05, 3.63) is 46.5 Å². The Bertz CT molecular complexity index is 907. The highest BCUT2D eigenvalue weighted by molar-refractivity contribution is 5.95. The summed E-state index contributed by atoms with van der Waals surface area (Å²) in [5.74, 6) is -3.65. The molecule has 162 valence electrons. The van der Waals surface area contributed by atoms with Crippen molar-refractivity contribution < 1.29 is 49.7 Å². The summed E-state index contributed by atoms with van der Waals surface area (Å²) in [6.07, 6.45) is -3.12. The summed E-state index contributed by atoms with van der Waals surface area (Å²) in [6, 6.07) is 4.33. The van der Waals surface area contributed by atoms with E-state index in [0.717, 1.165) is 12.1 Å². The summed E-state index contributed by atoms with van der Waals surface area (Å²) in [6.45, 7) is 1.40.